The van der Waals surface area contributed by atoms with Crippen molar-refractivity contribution in [1.29, 1.82) is 0 Å². The molecule has 180 valence electrons. The number of alkyl halides is 3. The van der Waals surface area contributed by atoms with Crippen LogP contribution in [-0.2, 0) is 16.1 Å². The molecule has 2 fully saturated rings. The maximum Gasteiger partial charge on any atom is 0.490 e. The van der Waals surface area contributed by atoms with Crippen LogP contribution in [0.15, 0.2) is 54.9 Å². The van der Waals surface area contributed by atoms with Crippen molar-refractivity contribution >= 4 is 22.9 Å². The zero-order valence-electron chi connectivity index (χ0n) is 18.4. The Bertz CT molecular complexity index is 1170. The fourth-order valence-corrected chi connectivity index (χ4v) is 4.60. The second-order valence-corrected chi connectivity index (χ2v) is 8.67. The predicted molar refractivity (Wildman–Crippen MR) is 119 cm³/mol. The molecule has 2 aromatic carbocycles. The van der Waals surface area contributed by atoms with E-state index in [1.807, 2.05) is 24.5 Å². The molecule has 1 amide bonds. The number of hydrogen-bond acceptors (Lipinski definition) is 4. The molecule has 2 N–H and O–H groups in total. The molecule has 34 heavy (non-hydrogen) atoms. The number of fused-ring (bicyclic) bond motifs is 3. The molecule has 3 aromatic rings. The van der Waals surface area contributed by atoms with E-state index in [1.54, 1.807) is 0 Å². The normalized spacial score (nSPS) is 21.6. The zero-order valence-corrected chi connectivity index (χ0v) is 18.4. The summed E-state index contributed by atoms with van der Waals surface area (Å²) in [7, 11) is 0. The van der Waals surface area contributed by atoms with E-state index < -0.39 is 12.1 Å². The van der Waals surface area contributed by atoms with Gasteiger partial charge in [0.1, 0.15) is 6.33 Å². The molecule has 2 aliphatic heterocycles. The van der Waals surface area contributed by atoms with Crippen LogP contribution < -0.4 is 5.32 Å². The van der Waals surface area contributed by atoms with Gasteiger partial charge < -0.3 is 15.3 Å². The second kappa shape index (κ2) is 9.46. The van der Waals surface area contributed by atoms with Crippen LogP contribution in [0.25, 0.3) is 16.7 Å². The summed E-state index contributed by atoms with van der Waals surface area (Å²) in [5.74, 6) is -2.53. The molecule has 2 unspecified atom stereocenters. The summed E-state index contributed by atoms with van der Waals surface area (Å²) in [4.78, 5) is 28.6. The fraction of sp³-hybridized carbons (Fsp3) is 0.375. The summed E-state index contributed by atoms with van der Waals surface area (Å²) < 4.78 is 33.8. The largest absolute Gasteiger partial charge is 0.490 e. The van der Waals surface area contributed by atoms with Gasteiger partial charge in [-0.05, 0) is 62.2 Å². The van der Waals surface area contributed by atoms with Crippen molar-refractivity contribution in [3.63, 3.8) is 0 Å². The monoisotopic (exact) mass is 474 g/mol. The fourth-order valence-electron chi connectivity index (χ4n) is 4.60. The highest BCUT2D eigenvalue weighted by Gasteiger charge is 2.46. The molecule has 1 aromatic heterocycles. The molecular formula is C24H25F3N4O3. The van der Waals surface area contributed by atoms with Gasteiger partial charge in [-0.2, -0.15) is 13.2 Å². The van der Waals surface area contributed by atoms with Crippen molar-refractivity contribution in [2.75, 3.05) is 19.6 Å². The number of nitrogens with one attached hydrogen (secondary N) is 1. The standard InChI is InChI=1S/C22H24N4O.C2HF3O2/c27-21(22-10-3-12-25(15-22)13-11-22)23-14-17-6-8-18(9-7-17)26-16-24-19-4-1-2-5-20(19)26;3-2(4,5)1(6)7/h1-2,4-9,16H,3,10-15H2,(H,23,27);(H,6,7). The van der Waals surface area contributed by atoms with Crippen molar-refractivity contribution in [3.05, 3.63) is 60.4 Å². The number of carboxylic acid groups (broad SMARTS) is 1. The Morgan fingerprint density at radius 1 is 1.06 bits per heavy atom. The number of aliphatic carboxylic acids is 1. The summed E-state index contributed by atoms with van der Waals surface area (Å²) in [6.07, 6.45) is -0.0516. The Morgan fingerprint density at radius 3 is 2.47 bits per heavy atom. The van der Waals surface area contributed by atoms with Crippen molar-refractivity contribution in [3.8, 4) is 5.69 Å². The minimum absolute atomic E-state index is 0.145. The van der Waals surface area contributed by atoms with Crippen LogP contribution in [0, 0.1) is 5.41 Å². The molecule has 2 saturated heterocycles. The van der Waals surface area contributed by atoms with Crippen molar-refractivity contribution in [2.45, 2.75) is 32.0 Å². The smallest absolute Gasteiger partial charge is 0.475 e. The number of halogens is 3. The van der Waals surface area contributed by atoms with Gasteiger partial charge in [-0.3, -0.25) is 9.36 Å². The Labute approximate surface area is 194 Å². The topological polar surface area (TPSA) is 87.5 Å². The summed E-state index contributed by atoms with van der Waals surface area (Å²) in [5.41, 5.74) is 4.15. The van der Waals surface area contributed by atoms with E-state index in [9.17, 15) is 18.0 Å². The molecule has 7 nitrogen and oxygen atoms in total. The first-order valence-electron chi connectivity index (χ1n) is 11.0. The number of carboxylic acids is 1. The minimum atomic E-state index is -5.08. The van der Waals surface area contributed by atoms with Gasteiger partial charge in [-0.25, -0.2) is 9.78 Å². The van der Waals surface area contributed by atoms with E-state index >= 15 is 0 Å². The van der Waals surface area contributed by atoms with Crippen LogP contribution in [0.5, 0.6) is 0 Å². The van der Waals surface area contributed by atoms with Gasteiger partial charge in [0.25, 0.3) is 0 Å². The van der Waals surface area contributed by atoms with E-state index in [4.69, 9.17) is 9.90 Å². The van der Waals surface area contributed by atoms with Gasteiger partial charge >= 0.3 is 12.1 Å². The van der Waals surface area contributed by atoms with Crippen molar-refractivity contribution < 1.29 is 27.9 Å². The first-order chi connectivity index (χ1) is 16.2. The van der Waals surface area contributed by atoms with Gasteiger partial charge in [0, 0.05) is 18.8 Å². The quantitative estimate of drug-likeness (QED) is 0.601. The van der Waals surface area contributed by atoms with E-state index in [0.29, 0.717) is 6.54 Å². The Morgan fingerprint density at radius 2 is 1.76 bits per heavy atom. The third kappa shape index (κ3) is 5.06. The maximum absolute atomic E-state index is 12.8. The molecule has 0 aliphatic carbocycles. The number of carbonyl (C=O) groups is 2. The Balaban J connectivity index is 0.000000344. The van der Waals surface area contributed by atoms with E-state index in [0.717, 1.165) is 61.2 Å². The number of carbonyl (C=O) groups excluding carboxylic acids is 1. The molecule has 0 saturated carbocycles. The van der Waals surface area contributed by atoms with Crippen LogP contribution in [0.3, 0.4) is 0 Å². The first-order valence-corrected chi connectivity index (χ1v) is 11.0. The number of rotatable bonds is 4. The lowest BCUT2D eigenvalue weighted by Gasteiger charge is -2.32. The van der Waals surface area contributed by atoms with Gasteiger partial charge in [-0.15, -0.1) is 0 Å². The molecular weight excluding hydrogens is 449 g/mol. The van der Waals surface area contributed by atoms with Gasteiger partial charge in [-0.1, -0.05) is 24.3 Å². The average Bonchev–Trinajstić information content (AvgIpc) is 3.38. The number of benzene rings is 2. The highest BCUT2D eigenvalue weighted by molar-refractivity contribution is 5.83. The highest BCUT2D eigenvalue weighted by atomic mass is 19.4. The molecule has 10 heteroatoms. The lowest BCUT2D eigenvalue weighted by atomic mass is 9.80. The number of piperidine rings is 1. The molecule has 3 heterocycles. The third-order valence-electron chi connectivity index (χ3n) is 6.41. The predicted octanol–water partition coefficient (Wildman–Crippen LogP) is 3.76. The molecule has 0 radical (unpaired) electrons. The van der Waals surface area contributed by atoms with E-state index in [1.165, 1.54) is 0 Å². The molecule has 5 rings (SSSR count). The molecule has 2 atom stereocenters. The van der Waals surface area contributed by atoms with Gasteiger partial charge in [0.2, 0.25) is 5.91 Å². The number of imidazole rings is 1. The SMILES string of the molecule is O=C(NCc1ccc(-n2cnc3ccccc32)cc1)C12CCCN(CC1)C2.O=C(O)C(F)(F)F. The van der Waals surface area contributed by atoms with Crippen LogP contribution in [0.1, 0.15) is 24.8 Å². The average molecular weight is 474 g/mol. The van der Waals surface area contributed by atoms with Crippen molar-refractivity contribution in [2.24, 2.45) is 5.41 Å². The highest BCUT2D eigenvalue weighted by Crippen LogP contribution is 2.39. The second-order valence-electron chi connectivity index (χ2n) is 8.67. The Hall–Kier alpha value is -3.40. The summed E-state index contributed by atoms with van der Waals surface area (Å²) in [6, 6.07) is 16.5. The minimum Gasteiger partial charge on any atom is -0.475 e. The molecule has 2 bridgehead atoms. The number of aromatic nitrogens is 2. The summed E-state index contributed by atoms with van der Waals surface area (Å²) >= 11 is 0. The van der Waals surface area contributed by atoms with Gasteiger partial charge in [0.15, 0.2) is 0 Å². The molecule has 0 spiro atoms. The van der Waals surface area contributed by atoms with Crippen LogP contribution in [0.2, 0.25) is 0 Å². The van der Waals surface area contributed by atoms with E-state index in [2.05, 4.69) is 50.1 Å². The van der Waals surface area contributed by atoms with E-state index in [-0.39, 0.29) is 11.3 Å². The lowest BCUT2D eigenvalue weighted by molar-refractivity contribution is -0.192. The first kappa shape index (κ1) is 23.7. The lowest BCUT2D eigenvalue weighted by Crippen LogP contribution is -2.45. The summed E-state index contributed by atoms with van der Waals surface area (Å²) in [5, 5.41) is 10.3. The molecule has 2 aliphatic rings. The van der Waals surface area contributed by atoms with Crippen molar-refractivity contribution in [1.82, 2.24) is 19.8 Å². The number of para-hydroxylation sites is 2. The maximum atomic E-state index is 12.8. The zero-order chi connectivity index (χ0) is 24.3. The van der Waals surface area contributed by atoms with Crippen LogP contribution >= 0.6 is 0 Å². The number of hydrogen-bond donors (Lipinski definition) is 2. The third-order valence-corrected chi connectivity index (χ3v) is 6.41. The van der Waals surface area contributed by atoms with Crippen LogP contribution in [0.4, 0.5) is 13.2 Å². The van der Waals surface area contributed by atoms with Crippen LogP contribution in [-0.4, -0.2) is 57.2 Å². The summed E-state index contributed by atoms with van der Waals surface area (Å²) in [6.45, 7) is 3.75. The number of amides is 1. The van der Waals surface area contributed by atoms with Gasteiger partial charge in [0.05, 0.1) is 16.4 Å². The number of nitrogens with zero attached hydrogens (tertiary/aromatic N) is 3. The Kier molecular flexibility index (Phi) is 6.60.